The van der Waals surface area contributed by atoms with Crippen molar-refractivity contribution in [2.24, 2.45) is 5.92 Å². The molecular weight excluding hydrogens is 206 g/mol. The predicted octanol–water partition coefficient (Wildman–Crippen LogP) is 4.19. The lowest BCUT2D eigenvalue weighted by atomic mass is 9.90. The molecule has 0 atom stereocenters. The van der Waals surface area contributed by atoms with Gasteiger partial charge in [0.15, 0.2) is 0 Å². The molecule has 0 saturated carbocycles. The molecule has 0 aliphatic carbocycles. The van der Waals surface area contributed by atoms with Gasteiger partial charge in [0.05, 0.1) is 0 Å². The molecule has 1 nitrogen and oxygen atoms in total. The smallest absolute Gasteiger partial charge is 0.00131 e. The van der Waals surface area contributed by atoms with Crippen LogP contribution in [0.25, 0.3) is 0 Å². The van der Waals surface area contributed by atoms with Crippen molar-refractivity contribution < 1.29 is 0 Å². The van der Waals surface area contributed by atoms with Gasteiger partial charge < -0.3 is 4.90 Å². The quantitative estimate of drug-likeness (QED) is 0.644. The highest BCUT2D eigenvalue weighted by molar-refractivity contribution is 5.17. The zero-order valence-electron chi connectivity index (χ0n) is 11.7. The van der Waals surface area contributed by atoms with Gasteiger partial charge in [-0.2, -0.15) is 0 Å². The fourth-order valence-corrected chi connectivity index (χ4v) is 2.33. The fourth-order valence-electron chi connectivity index (χ4n) is 2.33. The molecule has 0 aromatic rings. The SMILES string of the molecule is CC/C=C/C=C\C=C(/C)C1CCN(CC)CC1. The van der Waals surface area contributed by atoms with Crippen LogP contribution in [0.2, 0.25) is 0 Å². The Balaban J connectivity index is 2.37. The molecule has 1 saturated heterocycles. The molecule has 17 heavy (non-hydrogen) atoms. The van der Waals surface area contributed by atoms with Crippen molar-refractivity contribution in [1.82, 2.24) is 4.90 Å². The van der Waals surface area contributed by atoms with Crippen molar-refractivity contribution >= 4 is 0 Å². The minimum atomic E-state index is 0.803. The van der Waals surface area contributed by atoms with Crippen LogP contribution in [0.5, 0.6) is 0 Å². The molecule has 1 aliphatic rings. The first-order valence-corrected chi connectivity index (χ1v) is 7.00. The summed E-state index contributed by atoms with van der Waals surface area (Å²) in [6.45, 7) is 10.4. The van der Waals surface area contributed by atoms with Crippen LogP contribution in [0.4, 0.5) is 0 Å². The number of hydrogen-bond donors (Lipinski definition) is 0. The molecule has 0 radical (unpaired) electrons. The molecule has 0 N–H and O–H groups in total. The Labute approximate surface area is 107 Å². The van der Waals surface area contributed by atoms with Crippen molar-refractivity contribution in [2.45, 2.75) is 40.0 Å². The average molecular weight is 233 g/mol. The van der Waals surface area contributed by atoms with E-state index in [4.69, 9.17) is 0 Å². The van der Waals surface area contributed by atoms with Gasteiger partial charge in [0.25, 0.3) is 0 Å². The summed E-state index contributed by atoms with van der Waals surface area (Å²) in [5, 5.41) is 0. The van der Waals surface area contributed by atoms with Gasteiger partial charge in [-0.15, -0.1) is 0 Å². The summed E-state index contributed by atoms with van der Waals surface area (Å²) in [6.07, 6.45) is 14.7. The summed E-state index contributed by atoms with van der Waals surface area (Å²) in [4.78, 5) is 2.55. The molecule has 0 aromatic carbocycles. The maximum atomic E-state index is 2.55. The zero-order chi connectivity index (χ0) is 12.5. The molecule has 1 aliphatic heterocycles. The van der Waals surface area contributed by atoms with Gasteiger partial charge in [0.1, 0.15) is 0 Å². The molecular formula is C16H27N. The maximum absolute atomic E-state index is 2.55. The lowest BCUT2D eigenvalue weighted by Gasteiger charge is -2.31. The Morgan fingerprint density at radius 2 is 1.82 bits per heavy atom. The van der Waals surface area contributed by atoms with Gasteiger partial charge in [0, 0.05) is 0 Å². The largest absolute Gasteiger partial charge is 0.304 e. The molecule has 1 fully saturated rings. The predicted molar refractivity (Wildman–Crippen MR) is 77.2 cm³/mol. The van der Waals surface area contributed by atoms with Crippen LogP contribution in [0.15, 0.2) is 36.0 Å². The van der Waals surface area contributed by atoms with Crippen LogP contribution in [-0.2, 0) is 0 Å². The second-order valence-electron chi connectivity index (χ2n) is 4.84. The monoisotopic (exact) mass is 233 g/mol. The standard InChI is InChI=1S/C16H27N/c1-4-6-7-8-9-10-15(3)16-11-13-17(5-2)14-12-16/h6-10,16H,4-5,11-14H2,1-3H3/b7-6+,9-8-,15-10+. The Morgan fingerprint density at radius 1 is 1.12 bits per heavy atom. The number of nitrogens with zero attached hydrogens (tertiary/aromatic N) is 1. The van der Waals surface area contributed by atoms with E-state index in [-0.39, 0.29) is 0 Å². The Bertz CT molecular complexity index is 278. The molecule has 0 amide bonds. The lowest BCUT2D eigenvalue weighted by molar-refractivity contribution is 0.208. The van der Waals surface area contributed by atoms with Gasteiger partial charge in [0.2, 0.25) is 0 Å². The second-order valence-corrected chi connectivity index (χ2v) is 4.84. The number of piperidine rings is 1. The Kier molecular flexibility index (Phi) is 6.95. The lowest BCUT2D eigenvalue weighted by Crippen LogP contribution is -2.33. The van der Waals surface area contributed by atoms with Crippen molar-refractivity contribution in [1.29, 1.82) is 0 Å². The number of rotatable bonds is 5. The van der Waals surface area contributed by atoms with E-state index >= 15 is 0 Å². The van der Waals surface area contributed by atoms with Crippen LogP contribution in [-0.4, -0.2) is 24.5 Å². The van der Waals surface area contributed by atoms with Gasteiger partial charge in [-0.25, -0.2) is 0 Å². The molecule has 0 bridgehead atoms. The van der Waals surface area contributed by atoms with E-state index in [0.29, 0.717) is 0 Å². The third kappa shape index (κ3) is 5.36. The highest BCUT2D eigenvalue weighted by Gasteiger charge is 2.18. The summed E-state index contributed by atoms with van der Waals surface area (Å²) in [6, 6.07) is 0. The van der Waals surface area contributed by atoms with E-state index in [2.05, 4.69) is 56.1 Å². The van der Waals surface area contributed by atoms with Gasteiger partial charge in [-0.1, -0.05) is 49.8 Å². The van der Waals surface area contributed by atoms with E-state index < -0.39 is 0 Å². The highest BCUT2D eigenvalue weighted by Crippen LogP contribution is 2.24. The average Bonchev–Trinajstić information content (AvgIpc) is 2.38. The normalized spacial score (nSPS) is 20.8. The van der Waals surface area contributed by atoms with Gasteiger partial charge in [-0.05, 0) is 51.7 Å². The first-order valence-electron chi connectivity index (χ1n) is 7.00. The van der Waals surface area contributed by atoms with E-state index in [1.807, 2.05) is 0 Å². The van der Waals surface area contributed by atoms with Gasteiger partial charge >= 0.3 is 0 Å². The summed E-state index contributed by atoms with van der Waals surface area (Å²) < 4.78 is 0. The molecule has 0 spiro atoms. The highest BCUT2D eigenvalue weighted by atomic mass is 15.1. The van der Waals surface area contributed by atoms with Crippen LogP contribution in [0.1, 0.15) is 40.0 Å². The third-order valence-electron chi connectivity index (χ3n) is 3.63. The zero-order valence-corrected chi connectivity index (χ0v) is 11.7. The second kappa shape index (κ2) is 8.30. The Hall–Kier alpha value is -0.820. The van der Waals surface area contributed by atoms with Crippen LogP contribution >= 0.6 is 0 Å². The maximum Gasteiger partial charge on any atom is -0.00131 e. The van der Waals surface area contributed by atoms with E-state index in [0.717, 1.165) is 12.3 Å². The van der Waals surface area contributed by atoms with Crippen LogP contribution < -0.4 is 0 Å². The van der Waals surface area contributed by atoms with Crippen LogP contribution in [0.3, 0.4) is 0 Å². The van der Waals surface area contributed by atoms with E-state index in [1.165, 1.54) is 32.5 Å². The van der Waals surface area contributed by atoms with Gasteiger partial charge in [-0.3, -0.25) is 0 Å². The van der Waals surface area contributed by atoms with Crippen LogP contribution in [0, 0.1) is 5.92 Å². The molecule has 0 aromatic heterocycles. The molecule has 0 unspecified atom stereocenters. The number of allylic oxidation sites excluding steroid dienone is 6. The van der Waals surface area contributed by atoms with Crippen molar-refractivity contribution in [3.63, 3.8) is 0 Å². The van der Waals surface area contributed by atoms with Crippen molar-refractivity contribution in [2.75, 3.05) is 19.6 Å². The number of likely N-dealkylation sites (tertiary alicyclic amines) is 1. The molecule has 1 heterocycles. The summed E-state index contributed by atoms with van der Waals surface area (Å²) in [5.41, 5.74) is 1.54. The van der Waals surface area contributed by atoms with Crippen molar-refractivity contribution in [3.8, 4) is 0 Å². The first-order chi connectivity index (χ1) is 8.27. The minimum absolute atomic E-state index is 0.803. The fraction of sp³-hybridized carbons (Fsp3) is 0.625. The Morgan fingerprint density at radius 3 is 2.41 bits per heavy atom. The molecule has 1 heteroatoms. The van der Waals surface area contributed by atoms with E-state index in [1.54, 1.807) is 5.57 Å². The topological polar surface area (TPSA) is 3.24 Å². The minimum Gasteiger partial charge on any atom is -0.304 e. The molecule has 96 valence electrons. The number of hydrogen-bond acceptors (Lipinski definition) is 1. The summed E-state index contributed by atoms with van der Waals surface area (Å²) in [5.74, 6) is 0.803. The summed E-state index contributed by atoms with van der Waals surface area (Å²) in [7, 11) is 0. The molecule has 1 rings (SSSR count). The summed E-state index contributed by atoms with van der Waals surface area (Å²) >= 11 is 0. The van der Waals surface area contributed by atoms with E-state index in [9.17, 15) is 0 Å². The first kappa shape index (κ1) is 14.2. The third-order valence-corrected chi connectivity index (χ3v) is 3.63. The van der Waals surface area contributed by atoms with Crippen molar-refractivity contribution in [3.05, 3.63) is 36.0 Å².